The second kappa shape index (κ2) is 7.52. The maximum absolute atomic E-state index is 12.7. The maximum atomic E-state index is 12.7. The number of amides is 1. The summed E-state index contributed by atoms with van der Waals surface area (Å²) in [6, 6.07) is 13.5. The lowest BCUT2D eigenvalue weighted by molar-refractivity contribution is 0.0376. The van der Waals surface area contributed by atoms with Crippen LogP contribution in [0.4, 0.5) is 0 Å². The van der Waals surface area contributed by atoms with Gasteiger partial charge in [0, 0.05) is 11.5 Å². The van der Waals surface area contributed by atoms with Gasteiger partial charge < -0.3 is 10.4 Å². The number of carbonyl (C=O) groups excluding carboxylic acids is 1. The van der Waals surface area contributed by atoms with Crippen molar-refractivity contribution >= 4 is 5.91 Å². The Morgan fingerprint density at radius 2 is 1.79 bits per heavy atom. The first-order chi connectivity index (χ1) is 13.1. The van der Waals surface area contributed by atoms with Gasteiger partial charge in [-0.3, -0.25) is 4.79 Å². The first-order valence-corrected chi connectivity index (χ1v) is 9.20. The number of aryl methyl sites for hydroxylation is 1. The molecule has 0 unspecified atom stereocenters. The second-order valence-electron chi connectivity index (χ2n) is 7.75. The summed E-state index contributed by atoms with van der Waals surface area (Å²) in [4.78, 5) is 12.7. The summed E-state index contributed by atoms with van der Waals surface area (Å²) in [6.45, 7) is 9.09. The topological polar surface area (TPSA) is 92.9 Å². The third kappa shape index (κ3) is 4.43. The highest BCUT2D eigenvalue weighted by Gasteiger charge is 2.20. The molecule has 0 fully saturated rings. The van der Waals surface area contributed by atoms with E-state index in [4.69, 9.17) is 0 Å². The van der Waals surface area contributed by atoms with Crippen molar-refractivity contribution in [3.63, 3.8) is 0 Å². The predicted molar refractivity (Wildman–Crippen MR) is 107 cm³/mol. The van der Waals surface area contributed by atoms with Crippen LogP contribution in [0.2, 0.25) is 0 Å². The Kier molecular flexibility index (Phi) is 5.29. The molecule has 0 atom stereocenters. The summed E-state index contributed by atoms with van der Waals surface area (Å²) in [5.74, 6) is 0.448. The number of aliphatic hydroxyl groups is 1. The average Bonchev–Trinajstić information content (AvgIpc) is 3.10. The van der Waals surface area contributed by atoms with E-state index in [-0.39, 0.29) is 11.8 Å². The van der Waals surface area contributed by atoms with Gasteiger partial charge in [0.05, 0.1) is 5.69 Å². The molecule has 1 amide bonds. The quantitative estimate of drug-likeness (QED) is 0.664. The van der Waals surface area contributed by atoms with E-state index in [0.29, 0.717) is 17.1 Å². The summed E-state index contributed by atoms with van der Waals surface area (Å²) in [7, 11) is 0. The molecule has 0 saturated heterocycles. The van der Waals surface area contributed by atoms with Gasteiger partial charge in [-0.15, -0.1) is 5.10 Å². The van der Waals surface area contributed by atoms with E-state index in [0.717, 1.165) is 16.7 Å². The van der Waals surface area contributed by atoms with Gasteiger partial charge in [-0.05, 0) is 60.5 Å². The summed E-state index contributed by atoms with van der Waals surface area (Å²) in [5, 5.41) is 24.6. The van der Waals surface area contributed by atoms with E-state index in [2.05, 4.69) is 20.8 Å². The maximum Gasteiger partial charge on any atom is 0.253 e. The third-order valence-electron chi connectivity index (χ3n) is 4.24. The molecule has 0 bridgehead atoms. The molecule has 1 heterocycles. The van der Waals surface area contributed by atoms with Gasteiger partial charge in [-0.1, -0.05) is 43.7 Å². The number of nitrogens with zero attached hydrogens (tertiary/aromatic N) is 4. The van der Waals surface area contributed by atoms with Crippen molar-refractivity contribution in [2.75, 3.05) is 0 Å². The van der Waals surface area contributed by atoms with Crippen LogP contribution in [0.3, 0.4) is 0 Å². The van der Waals surface area contributed by atoms with E-state index >= 15 is 0 Å². The predicted octanol–water partition coefficient (Wildman–Crippen LogP) is 3.22. The zero-order valence-electron chi connectivity index (χ0n) is 16.8. The fourth-order valence-electron chi connectivity index (χ4n) is 2.87. The van der Waals surface area contributed by atoms with Crippen molar-refractivity contribution in [3.8, 4) is 16.8 Å². The molecule has 2 aromatic carbocycles. The fraction of sp³-hybridized carbons (Fsp3) is 0.333. The average molecular weight is 379 g/mol. The van der Waals surface area contributed by atoms with Crippen molar-refractivity contribution in [3.05, 3.63) is 59.4 Å². The Bertz CT molecular complexity index is 985. The molecule has 0 aliphatic rings. The summed E-state index contributed by atoms with van der Waals surface area (Å²) in [6.07, 6.45) is 0. The largest absolute Gasteiger partial charge is 0.372 e. The molecule has 3 aromatic rings. The van der Waals surface area contributed by atoms with Crippen LogP contribution in [0.5, 0.6) is 0 Å². The Morgan fingerprint density at radius 3 is 2.39 bits per heavy atom. The minimum atomic E-state index is -1.32. The van der Waals surface area contributed by atoms with Crippen LogP contribution in [-0.2, 0) is 0 Å². The minimum Gasteiger partial charge on any atom is -0.372 e. The van der Waals surface area contributed by atoms with Crippen molar-refractivity contribution < 1.29 is 9.90 Å². The molecule has 0 aliphatic carbocycles. The van der Waals surface area contributed by atoms with E-state index in [9.17, 15) is 9.90 Å². The number of carbonyl (C=O) groups is 1. The van der Waals surface area contributed by atoms with Crippen LogP contribution < -0.4 is 5.32 Å². The normalized spacial score (nSPS) is 11.7. The number of hydrogen-bond acceptors (Lipinski definition) is 5. The number of hydrogen-bond donors (Lipinski definition) is 2. The first-order valence-electron chi connectivity index (χ1n) is 9.20. The van der Waals surface area contributed by atoms with Crippen LogP contribution in [0.15, 0.2) is 42.5 Å². The summed E-state index contributed by atoms with van der Waals surface area (Å²) >= 11 is 0. The lowest BCUT2D eigenvalue weighted by Crippen LogP contribution is -2.43. The number of aromatic nitrogens is 4. The molecule has 0 saturated carbocycles. The van der Waals surface area contributed by atoms with Crippen LogP contribution in [-0.4, -0.2) is 36.9 Å². The zero-order valence-corrected chi connectivity index (χ0v) is 16.8. The van der Waals surface area contributed by atoms with Crippen molar-refractivity contribution in [2.24, 2.45) is 0 Å². The molecule has 7 nitrogen and oxygen atoms in total. The van der Waals surface area contributed by atoms with Gasteiger partial charge in [0.15, 0.2) is 5.82 Å². The van der Waals surface area contributed by atoms with Gasteiger partial charge in [0.2, 0.25) is 0 Å². The van der Waals surface area contributed by atoms with Gasteiger partial charge >= 0.3 is 0 Å². The van der Waals surface area contributed by atoms with Gasteiger partial charge in [0.25, 0.3) is 5.91 Å². The third-order valence-corrected chi connectivity index (χ3v) is 4.24. The highest BCUT2D eigenvalue weighted by Crippen LogP contribution is 2.26. The van der Waals surface area contributed by atoms with Crippen molar-refractivity contribution in [1.82, 2.24) is 25.5 Å². The van der Waals surface area contributed by atoms with E-state index in [1.807, 2.05) is 51.1 Å². The number of benzene rings is 2. The highest BCUT2D eigenvalue weighted by atomic mass is 16.3. The Labute approximate surface area is 164 Å². The molecule has 0 radical (unpaired) electrons. The standard InChI is InChI=1S/C21H25N5O2/c1-13(2)19-23-24-25-26(19)18-11-16(15-8-6-14(3)7-9-15)10-17(12-18)20(27)22-21(4,5)28/h6-13,28H,1-5H3,(H,22,27). The SMILES string of the molecule is Cc1ccc(-c2cc(C(=O)NC(C)(C)O)cc(-n3nnnc3C(C)C)c2)cc1. The van der Waals surface area contributed by atoms with Crippen LogP contribution >= 0.6 is 0 Å². The fourth-order valence-corrected chi connectivity index (χ4v) is 2.87. The molecule has 0 aliphatic heterocycles. The van der Waals surface area contributed by atoms with Crippen LogP contribution in [0.25, 0.3) is 16.8 Å². The monoisotopic (exact) mass is 379 g/mol. The number of nitrogens with one attached hydrogen (secondary N) is 1. The molecule has 1 aromatic heterocycles. The molecule has 2 N–H and O–H groups in total. The smallest absolute Gasteiger partial charge is 0.253 e. The second-order valence-corrected chi connectivity index (χ2v) is 7.75. The zero-order chi connectivity index (χ0) is 20.5. The summed E-state index contributed by atoms with van der Waals surface area (Å²) < 4.78 is 1.64. The van der Waals surface area contributed by atoms with Crippen molar-refractivity contribution in [1.29, 1.82) is 0 Å². The molecule has 7 heteroatoms. The van der Waals surface area contributed by atoms with E-state index < -0.39 is 5.72 Å². The van der Waals surface area contributed by atoms with Gasteiger partial charge in [-0.25, -0.2) is 0 Å². The van der Waals surface area contributed by atoms with Gasteiger partial charge in [0.1, 0.15) is 5.72 Å². The minimum absolute atomic E-state index is 0.117. The lowest BCUT2D eigenvalue weighted by Gasteiger charge is -2.20. The van der Waals surface area contributed by atoms with Gasteiger partial charge in [-0.2, -0.15) is 4.68 Å². The van der Waals surface area contributed by atoms with Crippen molar-refractivity contribution in [2.45, 2.75) is 46.3 Å². The van der Waals surface area contributed by atoms with E-state index in [1.54, 1.807) is 16.8 Å². The molecule has 3 rings (SSSR count). The Hall–Kier alpha value is -3.06. The molecular formula is C21H25N5O2. The molecular weight excluding hydrogens is 354 g/mol. The molecule has 28 heavy (non-hydrogen) atoms. The van der Waals surface area contributed by atoms with Crippen LogP contribution in [0.1, 0.15) is 55.4 Å². The van der Waals surface area contributed by atoms with Crippen LogP contribution in [0, 0.1) is 6.92 Å². The Balaban J connectivity index is 2.15. The lowest BCUT2D eigenvalue weighted by atomic mass is 10.00. The molecule has 0 spiro atoms. The molecule has 146 valence electrons. The number of tetrazole rings is 1. The first kappa shape index (κ1) is 19.7. The van der Waals surface area contributed by atoms with E-state index in [1.165, 1.54) is 13.8 Å². The Morgan fingerprint density at radius 1 is 1.11 bits per heavy atom. The summed E-state index contributed by atoms with van der Waals surface area (Å²) in [5.41, 5.74) is 2.78. The highest BCUT2D eigenvalue weighted by molar-refractivity contribution is 5.96. The number of rotatable bonds is 5.